The molecule has 0 aliphatic heterocycles. The van der Waals surface area contributed by atoms with E-state index in [0.717, 1.165) is 26.6 Å². The van der Waals surface area contributed by atoms with Gasteiger partial charge in [0.1, 0.15) is 45.6 Å². The molecule has 0 bridgehead atoms. The highest BCUT2D eigenvalue weighted by Crippen LogP contribution is 2.41. The van der Waals surface area contributed by atoms with Crippen LogP contribution in [0.3, 0.4) is 0 Å². The molecular weight excluding hydrogens is 951 g/mol. The topological polar surface area (TPSA) is 108 Å². The highest BCUT2D eigenvalue weighted by molar-refractivity contribution is 7.21. The lowest BCUT2D eigenvalue weighted by Gasteiger charge is -2.37. The Kier molecular flexibility index (Phi) is 10.6. The van der Waals surface area contributed by atoms with Crippen LogP contribution in [0.5, 0.6) is 0 Å². The maximum atomic E-state index is 5.88. The van der Waals surface area contributed by atoms with Crippen LogP contribution in [0.15, 0.2) is 262 Å². The van der Waals surface area contributed by atoms with Crippen molar-refractivity contribution < 1.29 is 0 Å². The lowest BCUT2D eigenvalue weighted by Crippen LogP contribution is -2.78. The fourth-order valence-corrected chi connectivity index (χ4v) is 21.2. The van der Waals surface area contributed by atoms with Crippen LogP contribution in [0.25, 0.3) is 73.0 Å². The van der Waals surface area contributed by atoms with Gasteiger partial charge in [0.15, 0.2) is 8.07 Å². The Morgan fingerprint density at radius 1 is 0.267 bits per heavy atom. The van der Waals surface area contributed by atoms with E-state index in [9.17, 15) is 0 Å². The summed E-state index contributed by atoms with van der Waals surface area (Å²) in [5.41, 5.74) is 7.83. The molecule has 352 valence electrons. The molecule has 75 heavy (non-hydrogen) atoms. The van der Waals surface area contributed by atoms with Crippen LogP contribution in [-0.4, -0.2) is 60.6 Å². The van der Waals surface area contributed by atoms with E-state index in [1.807, 2.05) is 6.20 Å². The van der Waals surface area contributed by atoms with Gasteiger partial charge in [-0.25, -0.2) is 0 Å². The lowest BCUT2D eigenvalue weighted by molar-refractivity contribution is 1.09. The molecule has 0 spiro atoms. The van der Waals surface area contributed by atoms with Gasteiger partial charge in [-0.2, -0.15) is 0 Å². The third-order valence-electron chi connectivity index (χ3n) is 14.8. The van der Waals surface area contributed by atoms with E-state index in [2.05, 4.69) is 223 Å². The molecule has 11 heteroatoms. The first-order chi connectivity index (χ1) is 37.2. The molecule has 1 aliphatic rings. The molecule has 5 heterocycles. The number of hydrogen-bond donors (Lipinski definition) is 0. The molecule has 8 aromatic carbocycles. The standard InChI is InChI=1S/C64H43N9Si2/c1-5-20-45(21-6-1)74(46-22-7-2-8-23-46,49-28-17-19-44(41-49)73-54-33-15-13-31-52(54)53-32-14-16-34-55(53)73)50-29-18-30-51(42-50)75(47-24-9-3-10-25-47,48-26-11-4-12-27-48)56-43-71-63-61-59(67-37-38-69-61)57-58(66-36-35-65-57)60-62(64(63)72-56)70-40-39-68-60/h1-43H. The molecule has 13 aromatic rings. The van der Waals surface area contributed by atoms with Gasteiger partial charge in [-0.05, 0) is 60.6 Å². The molecule has 0 atom stereocenters. The monoisotopic (exact) mass is 993 g/mol. The summed E-state index contributed by atoms with van der Waals surface area (Å²) < 4.78 is 2.43. The fraction of sp³-hybridized carbons (Fsp3) is 0. The Balaban J connectivity index is 1.07. The summed E-state index contributed by atoms with van der Waals surface area (Å²) in [6.45, 7) is 0. The molecule has 0 amide bonds. The lowest BCUT2D eigenvalue weighted by atomic mass is 10.0. The second-order valence-corrected chi connectivity index (χ2v) is 26.2. The smallest absolute Gasteiger partial charge is 0.203 e. The Morgan fingerprint density at radius 2 is 0.600 bits per heavy atom. The number of nitrogens with zero attached hydrogens (tertiary/aromatic N) is 9. The number of aromatic nitrogens is 9. The quantitative estimate of drug-likeness (QED) is 0.107. The fourth-order valence-electron chi connectivity index (χ4n) is 11.7. The molecule has 14 rings (SSSR count). The van der Waals surface area contributed by atoms with Crippen molar-refractivity contribution in [3.05, 3.63) is 262 Å². The summed E-state index contributed by atoms with van der Waals surface area (Å²) in [4.78, 5) is 40.6. The van der Waals surface area contributed by atoms with E-state index in [4.69, 9.17) is 39.9 Å². The summed E-state index contributed by atoms with van der Waals surface area (Å²) in [7, 11) is -6.69. The van der Waals surface area contributed by atoms with Crippen LogP contribution >= 0.6 is 0 Å². The van der Waals surface area contributed by atoms with Crippen LogP contribution < -0.4 is 41.6 Å². The highest BCUT2D eigenvalue weighted by atomic mass is 28.3. The van der Waals surface area contributed by atoms with Crippen molar-refractivity contribution in [1.29, 1.82) is 0 Å². The number of hydrogen-bond acceptors (Lipinski definition) is 8. The molecule has 0 saturated carbocycles. The van der Waals surface area contributed by atoms with E-state index >= 15 is 0 Å². The van der Waals surface area contributed by atoms with E-state index in [1.54, 1.807) is 37.2 Å². The SMILES string of the molecule is c1ccc([Si](c2ccccc2)(c2cccc(-n3c4ccccc4c4ccccc43)c2)c2cccc([Si](c3ccccc3)(c3ccccc3)c3cnc4c(n3)-c3nccnc3-c3nccnc3-c3nccnc3-4)c2)cc1. The minimum Gasteiger partial charge on any atom is -0.309 e. The van der Waals surface area contributed by atoms with Crippen LogP contribution in [0.2, 0.25) is 0 Å². The highest BCUT2D eigenvalue weighted by Gasteiger charge is 2.47. The zero-order valence-electron chi connectivity index (χ0n) is 40.4. The average molecular weight is 994 g/mol. The van der Waals surface area contributed by atoms with Gasteiger partial charge in [0.25, 0.3) is 0 Å². The van der Waals surface area contributed by atoms with Gasteiger partial charge in [-0.3, -0.25) is 39.9 Å². The number of rotatable bonds is 9. The minimum absolute atomic E-state index is 0.542. The van der Waals surface area contributed by atoms with Crippen molar-refractivity contribution in [2.75, 3.05) is 0 Å². The predicted molar refractivity (Wildman–Crippen MR) is 306 cm³/mol. The zero-order valence-corrected chi connectivity index (χ0v) is 42.4. The van der Waals surface area contributed by atoms with Gasteiger partial charge >= 0.3 is 0 Å². The maximum Gasteiger partial charge on any atom is 0.203 e. The third kappa shape index (κ3) is 6.89. The molecule has 0 unspecified atom stereocenters. The van der Waals surface area contributed by atoms with Gasteiger partial charge in [-0.15, -0.1) is 0 Å². The molecule has 0 N–H and O–H groups in total. The van der Waals surface area contributed by atoms with Gasteiger partial charge in [0.05, 0.1) is 16.4 Å². The third-order valence-corrected chi connectivity index (χ3v) is 24.2. The first-order valence-corrected chi connectivity index (χ1v) is 29.0. The second-order valence-electron chi connectivity index (χ2n) is 18.7. The maximum absolute atomic E-state index is 5.88. The van der Waals surface area contributed by atoms with Gasteiger partial charge < -0.3 is 4.57 Å². The summed E-state index contributed by atoms with van der Waals surface area (Å²) in [5, 5.41) is 11.8. The Labute approximate surface area is 434 Å². The van der Waals surface area contributed by atoms with Gasteiger partial charge in [-0.1, -0.05) is 194 Å². The normalized spacial score (nSPS) is 12.0. The van der Waals surface area contributed by atoms with E-state index in [-0.39, 0.29) is 0 Å². The Bertz CT molecular complexity index is 4130. The molecule has 1 aliphatic carbocycles. The Hall–Kier alpha value is -9.69. The van der Waals surface area contributed by atoms with Crippen LogP contribution in [-0.2, 0) is 0 Å². The summed E-state index contributed by atoms with van der Waals surface area (Å²) in [5.74, 6) is 0. The molecule has 5 aromatic heterocycles. The summed E-state index contributed by atoms with van der Waals surface area (Å²) in [6.07, 6.45) is 12.0. The van der Waals surface area contributed by atoms with E-state index < -0.39 is 16.1 Å². The van der Waals surface area contributed by atoms with Crippen molar-refractivity contribution >= 4 is 79.6 Å². The zero-order chi connectivity index (χ0) is 49.8. The number of fused-ring (bicyclic) bond motifs is 11. The summed E-state index contributed by atoms with van der Waals surface area (Å²) >= 11 is 0. The van der Waals surface area contributed by atoms with Crippen molar-refractivity contribution in [2.24, 2.45) is 0 Å². The molecule has 0 saturated heterocycles. The molecule has 9 nitrogen and oxygen atoms in total. The molecule has 0 fully saturated rings. The van der Waals surface area contributed by atoms with Crippen LogP contribution in [0.1, 0.15) is 0 Å². The van der Waals surface area contributed by atoms with Crippen molar-refractivity contribution in [2.45, 2.75) is 0 Å². The van der Waals surface area contributed by atoms with Crippen molar-refractivity contribution in [3.63, 3.8) is 0 Å². The Morgan fingerprint density at radius 3 is 1.05 bits per heavy atom. The van der Waals surface area contributed by atoms with E-state index in [0.29, 0.717) is 45.6 Å². The predicted octanol–water partition coefficient (Wildman–Crippen LogP) is 7.68. The first kappa shape index (κ1) is 44.0. The van der Waals surface area contributed by atoms with Gasteiger partial charge in [0, 0.05) is 59.8 Å². The van der Waals surface area contributed by atoms with Crippen molar-refractivity contribution in [1.82, 2.24) is 44.4 Å². The van der Waals surface area contributed by atoms with Crippen LogP contribution in [0, 0.1) is 0 Å². The van der Waals surface area contributed by atoms with E-state index in [1.165, 1.54) is 42.6 Å². The van der Waals surface area contributed by atoms with Crippen molar-refractivity contribution in [3.8, 4) is 51.2 Å². The number of benzene rings is 8. The largest absolute Gasteiger partial charge is 0.309 e. The average Bonchev–Trinajstić information content (AvgIpc) is 3.86. The molecule has 0 radical (unpaired) electrons. The van der Waals surface area contributed by atoms with Gasteiger partial charge in [0.2, 0.25) is 8.07 Å². The molecular formula is C64H43N9Si2. The minimum atomic E-state index is -3.47. The first-order valence-electron chi connectivity index (χ1n) is 25.0. The second kappa shape index (κ2) is 18.1. The summed E-state index contributed by atoms with van der Waals surface area (Å²) in [6, 6.07) is 80.4. The van der Waals surface area contributed by atoms with Crippen LogP contribution in [0.4, 0.5) is 0 Å². The number of para-hydroxylation sites is 2.